The van der Waals surface area contributed by atoms with E-state index in [2.05, 4.69) is 17.2 Å². The SMILES string of the molecule is COCC(C)CNc1nc(Cl)cs1. The minimum absolute atomic E-state index is 0.479. The number of rotatable bonds is 5. The van der Waals surface area contributed by atoms with Gasteiger partial charge in [-0.05, 0) is 5.92 Å². The molecule has 0 amide bonds. The van der Waals surface area contributed by atoms with Gasteiger partial charge in [0.05, 0.1) is 6.61 Å². The number of hydrogen-bond acceptors (Lipinski definition) is 4. The van der Waals surface area contributed by atoms with E-state index < -0.39 is 0 Å². The normalized spacial score (nSPS) is 12.8. The Morgan fingerprint density at radius 2 is 2.54 bits per heavy atom. The van der Waals surface area contributed by atoms with E-state index in [9.17, 15) is 0 Å². The molecular weight excluding hydrogens is 208 g/mol. The molecule has 0 aliphatic rings. The van der Waals surface area contributed by atoms with Crippen LogP contribution in [0.15, 0.2) is 5.38 Å². The molecule has 3 nitrogen and oxygen atoms in total. The lowest BCUT2D eigenvalue weighted by Crippen LogP contribution is -2.15. The molecule has 1 heterocycles. The third kappa shape index (κ3) is 3.93. The first-order valence-electron chi connectivity index (χ1n) is 4.06. The van der Waals surface area contributed by atoms with E-state index in [0.717, 1.165) is 18.3 Å². The fourth-order valence-corrected chi connectivity index (χ4v) is 1.79. The number of nitrogens with one attached hydrogen (secondary N) is 1. The molecule has 0 fully saturated rings. The van der Waals surface area contributed by atoms with Crippen molar-refractivity contribution in [1.82, 2.24) is 4.98 Å². The van der Waals surface area contributed by atoms with E-state index >= 15 is 0 Å². The van der Waals surface area contributed by atoms with Crippen LogP contribution in [0.3, 0.4) is 0 Å². The summed E-state index contributed by atoms with van der Waals surface area (Å²) in [5.74, 6) is 0.479. The molecule has 13 heavy (non-hydrogen) atoms. The molecule has 1 unspecified atom stereocenters. The smallest absolute Gasteiger partial charge is 0.184 e. The summed E-state index contributed by atoms with van der Waals surface area (Å²) in [6.45, 7) is 3.73. The third-order valence-corrected chi connectivity index (χ3v) is 2.65. The second-order valence-electron chi connectivity index (χ2n) is 2.92. The third-order valence-electron chi connectivity index (χ3n) is 1.53. The van der Waals surface area contributed by atoms with Crippen molar-refractivity contribution in [2.75, 3.05) is 25.6 Å². The van der Waals surface area contributed by atoms with Gasteiger partial charge < -0.3 is 10.1 Å². The second-order valence-corrected chi connectivity index (χ2v) is 4.16. The number of thiazole rings is 1. The quantitative estimate of drug-likeness (QED) is 0.828. The van der Waals surface area contributed by atoms with Gasteiger partial charge in [-0.25, -0.2) is 4.98 Å². The number of halogens is 1. The van der Waals surface area contributed by atoms with Crippen molar-refractivity contribution in [1.29, 1.82) is 0 Å². The van der Waals surface area contributed by atoms with Gasteiger partial charge in [0.2, 0.25) is 0 Å². The Hall–Kier alpha value is -0.320. The van der Waals surface area contributed by atoms with Gasteiger partial charge in [0, 0.05) is 19.0 Å². The number of hydrogen-bond donors (Lipinski definition) is 1. The van der Waals surface area contributed by atoms with E-state index in [1.54, 1.807) is 7.11 Å². The predicted molar refractivity (Wildman–Crippen MR) is 56.7 cm³/mol. The van der Waals surface area contributed by atoms with Crippen LogP contribution in [-0.2, 0) is 4.74 Å². The topological polar surface area (TPSA) is 34.1 Å². The number of aromatic nitrogens is 1. The fourth-order valence-electron chi connectivity index (χ4n) is 0.940. The molecule has 0 radical (unpaired) electrons. The Labute approximate surface area is 87.1 Å². The van der Waals surface area contributed by atoms with E-state index in [1.807, 2.05) is 5.38 Å². The summed E-state index contributed by atoms with van der Waals surface area (Å²) in [5, 5.41) is 6.42. The summed E-state index contributed by atoms with van der Waals surface area (Å²) >= 11 is 7.19. The second kappa shape index (κ2) is 5.42. The number of nitrogens with zero attached hydrogens (tertiary/aromatic N) is 1. The number of anilines is 1. The van der Waals surface area contributed by atoms with Crippen molar-refractivity contribution in [3.8, 4) is 0 Å². The molecule has 0 aliphatic heterocycles. The average molecular weight is 221 g/mol. The first-order valence-corrected chi connectivity index (χ1v) is 5.32. The van der Waals surface area contributed by atoms with Gasteiger partial charge >= 0.3 is 0 Å². The Morgan fingerprint density at radius 3 is 3.08 bits per heavy atom. The predicted octanol–water partition coefficient (Wildman–Crippen LogP) is 2.49. The summed E-state index contributed by atoms with van der Waals surface area (Å²) in [6.07, 6.45) is 0. The van der Waals surface area contributed by atoms with Crippen molar-refractivity contribution in [2.24, 2.45) is 5.92 Å². The lowest BCUT2D eigenvalue weighted by molar-refractivity contribution is 0.164. The number of methoxy groups -OCH3 is 1. The van der Waals surface area contributed by atoms with Crippen LogP contribution in [-0.4, -0.2) is 25.2 Å². The van der Waals surface area contributed by atoms with Gasteiger partial charge in [-0.2, -0.15) is 0 Å². The van der Waals surface area contributed by atoms with Gasteiger partial charge in [-0.15, -0.1) is 11.3 Å². The standard InChI is InChI=1S/C8H13ClN2OS/c1-6(4-12-2)3-10-8-11-7(9)5-13-8/h5-6H,3-4H2,1-2H3,(H,10,11). The monoisotopic (exact) mass is 220 g/mol. The van der Waals surface area contributed by atoms with E-state index in [1.165, 1.54) is 11.3 Å². The Morgan fingerprint density at radius 1 is 1.77 bits per heavy atom. The Balaban J connectivity index is 2.26. The minimum atomic E-state index is 0.479. The molecule has 0 spiro atoms. The summed E-state index contributed by atoms with van der Waals surface area (Å²) in [4.78, 5) is 4.07. The Kier molecular flexibility index (Phi) is 4.48. The molecule has 0 aliphatic carbocycles. The summed E-state index contributed by atoms with van der Waals surface area (Å²) < 4.78 is 5.01. The van der Waals surface area contributed by atoms with Crippen LogP contribution in [0.4, 0.5) is 5.13 Å². The first kappa shape index (κ1) is 10.8. The highest BCUT2D eigenvalue weighted by Crippen LogP contribution is 2.18. The van der Waals surface area contributed by atoms with Crippen molar-refractivity contribution < 1.29 is 4.74 Å². The van der Waals surface area contributed by atoms with Crippen LogP contribution >= 0.6 is 22.9 Å². The van der Waals surface area contributed by atoms with E-state index in [0.29, 0.717) is 11.1 Å². The van der Waals surface area contributed by atoms with Crippen LogP contribution in [0.25, 0.3) is 0 Å². The van der Waals surface area contributed by atoms with Crippen LogP contribution < -0.4 is 5.32 Å². The lowest BCUT2D eigenvalue weighted by atomic mass is 10.2. The maximum absolute atomic E-state index is 5.67. The highest BCUT2D eigenvalue weighted by molar-refractivity contribution is 7.14. The summed E-state index contributed by atoms with van der Waals surface area (Å²) in [5.41, 5.74) is 0. The Bertz CT molecular complexity index is 254. The molecule has 0 aromatic carbocycles. The zero-order valence-electron chi connectivity index (χ0n) is 7.71. The van der Waals surface area contributed by atoms with Gasteiger partial charge in [-0.3, -0.25) is 0 Å². The van der Waals surface area contributed by atoms with Gasteiger partial charge in [-0.1, -0.05) is 18.5 Å². The molecule has 74 valence electrons. The van der Waals surface area contributed by atoms with Crippen molar-refractivity contribution in [2.45, 2.75) is 6.92 Å². The zero-order chi connectivity index (χ0) is 9.68. The fraction of sp³-hybridized carbons (Fsp3) is 0.625. The highest BCUT2D eigenvalue weighted by Gasteiger charge is 2.03. The molecule has 1 rings (SSSR count). The molecule has 5 heteroatoms. The molecule has 1 aromatic heterocycles. The summed E-state index contributed by atoms with van der Waals surface area (Å²) in [7, 11) is 1.71. The average Bonchev–Trinajstić information content (AvgIpc) is 2.49. The van der Waals surface area contributed by atoms with Crippen LogP contribution in [0, 0.1) is 5.92 Å². The van der Waals surface area contributed by atoms with Crippen molar-refractivity contribution >= 4 is 28.1 Å². The molecule has 1 atom stereocenters. The minimum Gasteiger partial charge on any atom is -0.384 e. The number of ether oxygens (including phenoxy) is 1. The summed E-state index contributed by atoms with van der Waals surface area (Å²) in [6, 6.07) is 0. The molecule has 1 N–H and O–H groups in total. The maximum atomic E-state index is 5.67. The lowest BCUT2D eigenvalue weighted by Gasteiger charge is -2.09. The maximum Gasteiger partial charge on any atom is 0.184 e. The zero-order valence-corrected chi connectivity index (χ0v) is 9.28. The molecular formula is C8H13ClN2OS. The van der Waals surface area contributed by atoms with Gasteiger partial charge in [0.15, 0.2) is 5.13 Å². The first-order chi connectivity index (χ1) is 6.22. The molecule has 0 bridgehead atoms. The molecule has 1 aromatic rings. The van der Waals surface area contributed by atoms with Crippen LogP contribution in [0.1, 0.15) is 6.92 Å². The van der Waals surface area contributed by atoms with Crippen molar-refractivity contribution in [3.05, 3.63) is 10.5 Å². The van der Waals surface area contributed by atoms with Crippen LogP contribution in [0.2, 0.25) is 5.15 Å². The van der Waals surface area contributed by atoms with E-state index in [-0.39, 0.29) is 0 Å². The highest BCUT2D eigenvalue weighted by atomic mass is 35.5. The molecule has 0 saturated heterocycles. The van der Waals surface area contributed by atoms with Crippen molar-refractivity contribution in [3.63, 3.8) is 0 Å². The van der Waals surface area contributed by atoms with E-state index in [4.69, 9.17) is 16.3 Å². The van der Waals surface area contributed by atoms with Gasteiger partial charge in [0.1, 0.15) is 5.15 Å². The molecule has 0 saturated carbocycles. The van der Waals surface area contributed by atoms with Crippen LogP contribution in [0.5, 0.6) is 0 Å². The largest absolute Gasteiger partial charge is 0.384 e. The van der Waals surface area contributed by atoms with Gasteiger partial charge in [0.25, 0.3) is 0 Å².